The van der Waals surface area contributed by atoms with Crippen molar-refractivity contribution in [3.05, 3.63) is 40.7 Å². The largest absolute Gasteiger partial charge is 0.493 e. The molecule has 1 heterocycles. The third-order valence-electron chi connectivity index (χ3n) is 2.54. The van der Waals surface area contributed by atoms with Crippen LogP contribution in [0, 0.1) is 0 Å². The van der Waals surface area contributed by atoms with E-state index in [1.54, 1.807) is 24.4 Å². The molecule has 0 bridgehead atoms. The Hall–Kier alpha value is -2.08. The molecule has 0 radical (unpaired) electrons. The summed E-state index contributed by atoms with van der Waals surface area (Å²) in [5.41, 5.74) is 1.06. The van der Waals surface area contributed by atoms with Crippen molar-refractivity contribution in [3.63, 3.8) is 0 Å². The van der Waals surface area contributed by atoms with Crippen LogP contribution in [0.5, 0.6) is 5.75 Å². The fourth-order valence-corrected chi connectivity index (χ4v) is 1.77. The summed E-state index contributed by atoms with van der Waals surface area (Å²) in [4.78, 5) is 12.2. The number of carbonyl (C=O) groups is 1. The maximum atomic E-state index is 12.2. The lowest BCUT2D eigenvalue weighted by Crippen LogP contribution is -2.23. The Kier molecular flexibility index (Phi) is 4.95. The molecule has 2 aromatic rings. The van der Waals surface area contributed by atoms with E-state index in [2.05, 4.69) is 20.7 Å². The van der Waals surface area contributed by atoms with Crippen LogP contribution in [0.4, 0.5) is 0 Å². The summed E-state index contributed by atoms with van der Waals surface area (Å²) in [6.45, 7) is 2.83. The summed E-state index contributed by atoms with van der Waals surface area (Å²) in [5, 5.41) is 13.3. The quantitative estimate of drug-likeness (QED) is 0.856. The molecule has 2 rings (SSSR count). The molecule has 0 atom stereocenters. The van der Waals surface area contributed by atoms with Crippen LogP contribution in [0.3, 0.4) is 0 Å². The molecule has 0 aliphatic rings. The lowest BCUT2D eigenvalue weighted by Gasteiger charge is -2.11. The SMILES string of the molecule is CCCOc1ccc(Cl)cc1C(=O)NCc1cn[nH]n1. The average molecular weight is 295 g/mol. The number of nitrogens with one attached hydrogen (secondary N) is 2. The third kappa shape index (κ3) is 3.71. The summed E-state index contributed by atoms with van der Waals surface area (Å²) in [6.07, 6.45) is 2.41. The van der Waals surface area contributed by atoms with E-state index in [0.29, 0.717) is 28.6 Å². The predicted molar refractivity (Wildman–Crippen MR) is 74.8 cm³/mol. The van der Waals surface area contributed by atoms with Gasteiger partial charge in [0.2, 0.25) is 0 Å². The lowest BCUT2D eigenvalue weighted by atomic mass is 10.2. The minimum Gasteiger partial charge on any atom is -0.493 e. The zero-order valence-corrected chi connectivity index (χ0v) is 11.8. The highest BCUT2D eigenvalue weighted by atomic mass is 35.5. The van der Waals surface area contributed by atoms with Gasteiger partial charge in [0.25, 0.3) is 5.91 Å². The summed E-state index contributed by atoms with van der Waals surface area (Å²) >= 11 is 5.93. The minimum absolute atomic E-state index is 0.262. The number of benzene rings is 1. The molecular weight excluding hydrogens is 280 g/mol. The standard InChI is InChI=1S/C13H15ClN4O2/c1-2-5-20-12-4-3-9(14)6-11(12)13(19)15-7-10-8-16-18-17-10/h3-4,6,8H,2,5,7H2,1H3,(H,15,19)(H,16,17,18). The van der Waals surface area contributed by atoms with Crippen molar-refractivity contribution in [3.8, 4) is 5.75 Å². The van der Waals surface area contributed by atoms with Gasteiger partial charge in [-0.25, -0.2) is 0 Å². The Bertz CT molecular complexity index is 572. The van der Waals surface area contributed by atoms with Crippen LogP contribution in [-0.2, 0) is 6.54 Å². The van der Waals surface area contributed by atoms with Crippen molar-refractivity contribution in [2.45, 2.75) is 19.9 Å². The number of rotatable bonds is 6. The van der Waals surface area contributed by atoms with Gasteiger partial charge in [-0.15, -0.1) is 0 Å². The molecule has 0 saturated carbocycles. The third-order valence-corrected chi connectivity index (χ3v) is 2.78. The molecule has 1 aromatic heterocycles. The number of H-pyrrole nitrogens is 1. The van der Waals surface area contributed by atoms with Crippen molar-refractivity contribution in [1.29, 1.82) is 0 Å². The van der Waals surface area contributed by atoms with Gasteiger partial charge in [0, 0.05) is 5.02 Å². The van der Waals surface area contributed by atoms with E-state index in [0.717, 1.165) is 6.42 Å². The number of nitrogens with zero attached hydrogens (tertiary/aromatic N) is 2. The predicted octanol–water partition coefficient (Wildman–Crippen LogP) is 2.18. The van der Waals surface area contributed by atoms with E-state index in [-0.39, 0.29) is 12.5 Å². The molecule has 0 aliphatic heterocycles. The summed E-state index contributed by atoms with van der Waals surface area (Å²) in [6, 6.07) is 4.98. The Morgan fingerprint density at radius 3 is 3.05 bits per heavy atom. The van der Waals surface area contributed by atoms with E-state index in [1.165, 1.54) is 0 Å². The summed E-state index contributed by atoms with van der Waals surface area (Å²) < 4.78 is 5.55. The Balaban J connectivity index is 2.08. The van der Waals surface area contributed by atoms with Crippen LogP contribution in [0.25, 0.3) is 0 Å². The maximum Gasteiger partial charge on any atom is 0.255 e. The zero-order valence-electron chi connectivity index (χ0n) is 11.0. The zero-order chi connectivity index (χ0) is 14.4. The van der Waals surface area contributed by atoms with Crippen molar-refractivity contribution < 1.29 is 9.53 Å². The van der Waals surface area contributed by atoms with Crippen LogP contribution in [0.15, 0.2) is 24.4 Å². The molecule has 6 nitrogen and oxygen atoms in total. The van der Waals surface area contributed by atoms with Gasteiger partial charge in [0.1, 0.15) is 11.4 Å². The molecule has 7 heteroatoms. The molecule has 0 fully saturated rings. The number of amides is 1. The maximum absolute atomic E-state index is 12.2. The Morgan fingerprint density at radius 1 is 1.50 bits per heavy atom. The van der Waals surface area contributed by atoms with E-state index < -0.39 is 0 Å². The fraction of sp³-hybridized carbons (Fsp3) is 0.308. The first-order chi connectivity index (χ1) is 9.70. The van der Waals surface area contributed by atoms with Crippen LogP contribution in [0.1, 0.15) is 29.4 Å². The van der Waals surface area contributed by atoms with Crippen molar-refractivity contribution in [2.75, 3.05) is 6.61 Å². The molecule has 1 aromatic carbocycles. The first-order valence-electron chi connectivity index (χ1n) is 6.26. The topological polar surface area (TPSA) is 79.9 Å². The number of aromatic amines is 1. The Morgan fingerprint density at radius 2 is 2.35 bits per heavy atom. The molecule has 0 aliphatic carbocycles. The normalized spacial score (nSPS) is 10.3. The van der Waals surface area contributed by atoms with Crippen LogP contribution in [-0.4, -0.2) is 27.9 Å². The molecule has 2 N–H and O–H groups in total. The first-order valence-corrected chi connectivity index (χ1v) is 6.63. The molecular formula is C13H15ClN4O2. The van der Waals surface area contributed by atoms with Gasteiger partial charge in [-0.05, 0) is 24.6 Å². The van der Waals surface area contributed by atoms with Crippen LogP contribution < -0.4 is 10.1 Å². The monoisotopic (exact) mass is 294 g/mol. The van der Waals surface area contributed by atoms with Crippen molar-refractivity contribution in [2.24, 2.45) is 0 Å². The van der Waals surface area contributed by atoms with Crippen LogP contribution >= 0.6 is 11.6 Å². The van der Waals surface area contributed by atoms with E-state index >= 15 is 0 Å². The highest BCUT2D eigenvalue weighted by Gasteiger charge is 2.13. The van der Waals surface area contributed by atoms with Gasteiger partial charge < -0.3 is 10.1 Å². The van der Waals surface area contributed by atoms with Gasteiger partial charge in [-0.3, -0.25) is 4.79 Å². The molecule has 106 valence electrons. The van der Waals surface area contributed by atoms with Gasteiger partial charge in [0.05, 0.1) is 24.9 Å². The average Bonchev–Trinajstić information content (AvgIpc) is 2.96. The number of hydrogen-bond donors (Lipinski definition) is 2. The van der Waals surface area contributed by atoms with Gasteiger partial charge in [-0.2, -0.15) is 15.4 Å². The van der Waals surface area contributed by atoms with Crippen LogP contribution in [0.2, 0.25) is 5.02 Å². The highest BCUT2D eigenvalue weighted by Crippen LogP contribution is 2.23. The van der Waals surface area contributed by atoms with E-state index in [4.69, 9.17) is 16.3 Å². The van der Waals surface area contributed by atoms with E-state index in [9.17, 15) is 4.79 Å². The van der Waals surface area contributed by atoms with Crippen molar-refractivity contribution >= 4 is 17.5 Å². The molecule has 0 unspecified atom stereocenters. The van der Waals surface area contributed by atoms with Gasteiger partial charge in [0.15, 0.2) is 0 Å². The second-order valence-corrected chi connectivity index (χ2v) is 4.57. The number of aromatic nitrogens is 3. The molecule has 1 amide bonds. The minimum atomic E-state index is -0.262. The molecule has 0 saturated heterocycles. The van der Waals surface area contributed by atoms with Gasteiger partial charge >= 0.3 is 0 Å². The summed E-state index contributed by atoms with van der Waals surface area (Å²) in [7, 11) is 0. The second-order valence-electron chi connectivity index (χ2n) is 4.13. The second kappa shape index (κ2) is 6.91. The van der Waals surface area contributed by atoms with E-state index in [1.807, 2.05) is 6.92 Å². The smallest absolute Gasteiger partial charge is 0.255 e. The number of halogens is 1. The molecule has 20 heavy (non-hydrogen) atoms. The number of hydrogen-bond acceptors (Lipinski definition) is 4. The number of carbonyl (C=O) groups excluding carboxylic acids is 1. The highest BCUT2D eigenvalue weighted by molar-refractivity contribution is 6.31. The summed E-state index contributed by atoms with van der Waals surface area (Å²) in [5.74, 6) is 0.260. The first kappa shape index (κ1) is 14.3. The number of ether oxygens (including phenoxy) is 1. The fourth-order valence-electron chi connectivity index (χ4n) is 1.59. The van der Waals surface area contributed by atoms with Crippen molar-refractivity contribution in [1.82, 2.24) is 20.7 Å². The molecule has 0 spiro atoms. The Labute approximate surface area is 121 Å². The lowest BCUT2D eigenvalue weighted by molar-refractivity contribution is 0.0946. The van der Waals surface area contributed by atoms with Gasteiger partial charge in [-0.1, -0.05) is 18.5 Å².